The predicted molar refractivity (Wildman–Crippen MR) is 130 cm³/mol. The molecule has 7 nitrogen and oxygen atoms in total. The van der Waals surface area contributed by atoms with Gasteiger partial charge in [0.1, 0.15) is 11.5 Å². The highest BCUT2D eigenvalue weighted by Gasteiger charge is 2.14. The highest BCUT2D eigenvalue weighted by atomic mass is 19.3. The molecule has 0 radical (unpaired) electrons. The normalized spacial score (nSPS) is 10.5. The number of carbonyl (C=O) groups excluding carboxylic acids is 2. The SMILES string of the molecule is COc1ccc(-c2cc(NC(=O)CCNC(=O)N(C)Cc3ccccc3)ccc2OC(F)F)cc1. The first-order valence-corrected chi connectivity index (χ1v) is 10.9. The van der Waals surface area contributed by atoms with Crippen LogP contribution in [-0.2, 0) is 11.3 Å². The van der Waals surface area contributed by atoms with Crippen molar-refractivity contribution < 1.29 is 27.8 Å². The predicted octanol–water partition coefficient (Wildman–Crippen LogP) is 5.13. The summed E-state index contributed by atoms with van der Waals surface area (Å²) in [5, 5.41) is 5.44. The Balaban J connectivity index is 1.58. The van der Waals surface area contributed by atoms with Gasteiger partial charge in [0, 0.05) is 37.8 Å². The summed E-state index contributed by atoms with van der Waals surface area (Å²) in [5.74, 6) is 0.266. The molecule has 3 aromatic rings. The second kappa shape index (κ2) is 12.4. The summed E-state index contributed by atoms with van der Waals surface area (Å²) in [6.45, 7) is -2.40. The van der Waals surface area contributed by atoms with Gasteiger partial charge in [-0.15, -0.1) is 0 Å². The van der Waals surface area contributed by atoms with Crippen molar-refractivity contribution in [1.29, 1.82) is 0 Å². The molecular weight excluding hydrogens is 456 g/mol. The van der Waals surface area contributed by atoms with E-state index in [1.165, 1.54) is 24.1 Å². The van der Waals surface area contributed by atoms with Crippen LogP contribution in [0.2, 0.25) is 0 Å². The lowest BCUT2D eigenvalue weighted by atomic mass is 10.0. The van der Waals surface area contributed by atoms with E-state index in [1.807, 2.05) is 30.3 Å². The van der Waals surface area contributed by atoms with Crippen LogP contribution < -0.4 is 20.1 Å². The smallest absolute Gasteiger partial charge is 0.387 e. The molecular formula is C26H27F2N3O4. The molecule has 0 aliphatic carbocycles. The second-order valence-electron chi connectivity index (χ2n) is 7.69. The van der Waals surface area contributed by atoms with Crippen molar-refractivity contribution in [2.75, 3.05) is 26.0 Å². The van der Waals surface area contributed by atoms with Gasteiger partial charge in [-0.2, -0.15) is 8.78 Å². The Morgan fingerprint density at radius 2 is 1.71 bits per heavy atom. The Morgan fingerprint density at radius 3 is 2.37 bits per heavy atom. The number of hydrogen-bond donors (Lipinski definition) is 2. The standard InChI is InChI=1S/C26H27F2N3O4/c1-31(17-18-6-4-3-5-7-18)26(33)29-15-14-24(32)30-20-10-13-23(35-25(27)28)22(16-20)19-8-11-21(34-2)12-9-19/h3-13,16,25H,14-15,17H2,1-2H3,(H,29,33)(H,30,32). The fourth-order valence-electron chi connectivity index (χ4n) is 3.37. The fourth-order valence-corrected chi connectivity index (χ4v) is 3.37. The maximum Gasteiger partial charge on any atom is 0.387 e. The van der Waals surface area contributed by atoms with Gasteiger partial charge < -0.3 is 25.0 Å². The van der Waals surface area contributed by atoms with Gasteiger partial charge in [-0.05, 0) is 41.5 Å². The molecule has 0 unspecified atom stereocenters. The Kier molecular flexibility index (Phi) is 9.00. The minimum atomic E-state index is -2.99. The molecule has 35 heavy (non-hydrogen) atoms. The third kappa shape index (κ3) is 7.70. The van der Waals surface area contributed by atoms with Gasteiger partial charge in [-0.3, -0.25) is 4.79 Å². The number of nitrogens with one attached hydrogen (secondary N) is 2. The zero-order valence-corrected chi connectivity index (χ0v) is 19.5. The zero-order valence-electron chi connectivity index (χ0n) is 19.5. The van der Waals surface area contributed by atoms with Gasteiger partial charge in [0.05, 0.1) is 7.11 Å². The molecule has 3 amide bonds. The monoisotopic (exact) mass is 483 g/mol. The van der Waals surface area contributed by atoms with Gasteiger partial charge in [-0.1, -0.05) is 42.5 Å². The lowest BCUT2D eigenvalue weighted by Crippen LogP contribution is -2.38. The van der Waals surface area contributed by atoms with E-state index in [1.54, 1.807) is 37.4 Å². The number of methoxy groups -OCH3 is 1. The van der Waals surface area contributed by atoms with Crippen molar-refractivity contribution in [2.24, 2.45) is 0 Å². The molecule has 0 aliphatic rings. The van der Waals surface area contributed by atoms with E-state index in [0.717, 1.165) is 5.56 Å². The number of hydrogen-bond acceptors (Lipinski definition) is 4. The quantitative estimate of drug-likeness (QED) is 0.419. The number of rotatable bonds is 10. The van der Waals surface area contributed by atoms with Gasteiger partial charge in [0.2, 0.25) is 5.91 Å². The van der Waals surface area contributed by atoms with Crippen LogP contribution in [0.4, 0.5) is 19.3 Å². The first-order valence-electron chi connectivity index (χ1n) is 10.9. The molecule has 0 aromatic heterocycles. The summed E-state index contributed by atoms with van der Waals surface area (Å²) in [7, 11) is 3.20. The van der Waals surface area contributed by atoms with Gasteiger partial charge >= 0.3 is 12.6 Å². The summed E-state index contributed by atoms with van der Waals surface area (Å²) in [4.78, 5) is 26.2. The number of benzene rings is 3. The summed E-state index contributed by atoms with van der Waals surface area (Å²) in [6.07, 6.45) is 0.0398. The Labute approximate surface area is 202 Å². The summed E-state index contributed by atoms with van der Waals surface area (Å²) < 4.78 is 35.5. The van der Waals surface area contributed by atoms with Crippen molar-refractivity contribution in [2.45, 2.75) is 19.6 Å². The molecule has 0 saturated heterocycles. The number of ether oxygens (including phenoxy) is 2. The molecule has 0 spiro atoms. The number of carbonyl (C=O) groups is 2. The molecule has 0 saturated carbocycles. The molecule has 0 fully saturated rings. The lowest BCUT2D eigenvalue weighted by molar-refractivity contribution is -0.116. The van der Waals surface area contributed by atoms with Crippen LogP contribution in [0.25, 0.3) is 11.1 Å². The van der Waals surface area contributed by atoms with E-state index in [0.29, 0.717) is 29.1 Å². The van der Waals surface area contributed by atoms with Gasteiger partial charge in [-0.25, -0.2) is 4.79 Å². The highest BCUT2D eigenvalue weighted by Crippen LogP contribution is 2.34. The number of anilines is 1. The Morgan fingerprint density at radius 1 is 1.00 bits per heavy atom. The largest absolute Gasteiger partial charge is 0.497 e. The number of urea groups is 1. The van der Waals surface area contributed by atoms with Crippen molar-refractivity contribution in [1.82, 2.24) is 10.2 Å². The van der Waals surface area contributed by atoms with E-state index >= 15 is 0 Å². The maximum absolute atomic E-state index is 12.9. The van der Waals surface area contributed by atoms with Gasteiger partial charge in [0.25, 0.3) is 0 Å². The first kappa shape index (κ1) is 25.5. The van der Waals surface area contributed by atoms with Crippen molar-refractivity contribution in [3.63, 3.8) is 0 Å². The number of amides is 3. The minimum absolute atomic E-state index is 0.0168. The zero-order chi connectivity index (χ0) is 25.2. The summed E-state index contributed by atoms with van der Waals surface area (Å²) in [6, 6.07) is 20.5. The van der Waals surface area contributed by atoms with Crippen LogP contribution in [-0.4, -0.2) is 44.2 Å². The average molecular weight is 484 g/mol. The molecule has 0 bridgehead atoms. The molecule has 2 N–H and O–H groups in total. The van der Waals surface area contributed by atoms with E-state index in [9.17, 15) is 18.4 Å². The van der Waals surface area contributed by atoms with E-state index in [2.05, 4.69) is 15.4 Å². The van der Waals surface area contributed by atoms with Crippen molar-refractivity contribution in [3.8, 4) is 22.6 Å². The van der Waals surface area contributed by atoms with E-state index < -0.39 is 6.61 Å². The van der Waals surface area contributed by atoms with Crippen LogP contribution in [0, 0.1) is 0 Å². The number of halogens is 2. The van der Waals surface area contributed by atoms with E-state index in [4.69, 9.17) is 4.74 Å². The molecule has 0 heterocycles. The fraction of sp³-hybridized carbons (Fsp3) is 0.231. The molecule has 0 atom stereocenters. The Hall–Kier alpha value is -4.14. The number of nitrogens with zero attached hydrogens (tertiary/aromatic N) is 1. The highest BCUT2D eigenvalue weighted by molar-refractivity contribution is 5.92. The van der Waals surface area contributed by atoms with Crippen LogP contribution in [0.3, 0.4) is 0 Å². The van der Waals surface area contributed by atoms with Crippen LogP contribution in [0.15, 0.2) is 72.8 Å². The third-order valence-corrected chi connectivity index (χ3v) is 5.12. The van der Waals surface area contributed by atoms with E-state index in [-0.39, 0.29) is 30.7 Å². The Bertz CT molecular complexity index is 1130. The topological polar surface area (TPSA) is 79.9 Å². The molecule has 184 valence electrons. The van der Waals surface area contributed by atoms with Crippen LogP contribution in [0.5, 0.6) is 11.5 Å². The summed E-state index contributed by atoms with van der Waals surface area (Å²) >= 11 is 0. The van der Waals surface area contributed by atoms with Crippen LogP contribution >= 0.6 is 0 Å². The average Bonchev–Trinajstić information content (AvgIpc) is 2.85. The molecule has 0 aliphatic heterocycles. The van der Waals surface area contributed by atoms with Crippen molar-refractivity contribution >= 4 is 17.6 Å². The summed E-state index contributed by atoms with van der Waals surface area (Å²) in [5.41, 5.74) is 2.41. The minimum Gasteiger partial charge on any atom is -0.497 e. The molecule has 3 rings (SSSR count). The molecule has 3 aromatic carbocycles. The van der Waals surface area contributed by atoms with Crippen LogP contribution in [0.1, 0.15) is 12.0 Å². The third-order valence-electron chi connectivity index (χ3n) is 5.12. The second-order valence-corrected chi connectivity index (χ2v) is 7.69. The molecule has 9 heteroatoms. The first-order chi connectivity index (χ1) is 16.9. The lowest BCUT2D eigenvalue weighted by Gasteiger charge is -2.18. The van der Waals surface area contributed by atoms with Crippen molar-refractivity contribution in [3.05, 3.63) is 78.4 Å². The maximum atomic E-state index is 12.9. The number of alkyl halides is 2. The van der Waals surface area contributed by atoms with Gasteiger partial charge in [0.15, 0.2) is 0 Å².